The Hall–Kier alpha value is -8.41. The zero-order valence-corrected chi connectivity index (χ0v) is 35.2. The molecule has 1 aliphatic rings. The van der Waals surface area contributed by atoms with Crippen molar-refractivity contribution >= 4 is 43.6 Å². The minimum atomic E-state index is -0.598. The summed E-state index contributed by atoms with van der Waals surface area (Å²) in [6.45, 7) is 4.49. The number of para-hydroxylation sites is 2. The molecule has 5 heteroatoms. The molecule has 0 aliphatic heterocycles. The summed E-state index contributed by atoms with van der Waals surface area (Å²) in [6.07, 6.45) is 0. The molecule has 5 nitrogen and oxygen atoms in total. The Morgan fingerprint density at radius 3 is 1.71 bits per heavy atom. The van der Waals surface area contributed by atoms with E-state index in [1.165, 1.54) is 11.1 Å². The molecule has 306 valence electrons. The average Bonchev–Trinajstić information content (AvgIpc) is 4.04. The minimum Gasteiger partial charge on any atom is -0.307 e. The van der Waals surface area contributed by atoms with Gasteiger partial charge in [-0.05, 0) is 63.2 Å². The number of fused-ring (bicyclic) bond motifs is 10. The average molecular weight is 842 g/mol. The van der Waals surface area contributed by atoms with Crippen LogP contribution in [0.25, 0.3) is 111 Å². The van der Waals surface area contributed by atoms with Gasteiger partial charge in [0.15, 0.2) is 11.6 Å². The molecule has 0 atom stereocenters. The van der Waals surface area contributed by atoms with E-state index in [4.69, 9.17) is 23.2 Å². The predicted octanol–water partition coefficient (Wildman–Crippen LogP) is 15.0. The van der Waals surface area contributed by atoms with Crippen LogP contribution in [-0.4, -0.2) is 24.1 Å². The Kier molecular flexibility index (Phi) is 6.23. The van der Waals surface area contributed by atoms with Gasteiger partial charge in [0.1, 0.15) is 0 Å². The molecule has 0 unspecified atom stereocenters. The lowest BCUT2D eigenvalue weighted by molar-refractivity contribution is 0.660. The third kappa shape index (κ3) is 5.62. The van der Waals surface area contributed by atoms with Crippen molar-refractivity contribution in [3.63, 3.8) is 0 Å². The third-order valence-corrected chi connectivity index (χ3v) is 13.0. The van der Waals surface area contributed by atoms with Gasteiger partial charge in [0.05, 0.1) is 41.5 Å². The molecule has 65 heavy (non-hydrogen) atoms. The summed E-state index contributed by atoms with van der Waals surface area (Å²) < 4.78 is 93.6. The van der Waals surface area contributed by atoms with Crippen LogP contribution in [0.2, 0.25) is 0 Å². The topological polar surface area (TPSA) is 48.5 Å². The monoisotopic (exact) mass is 841 g/mol. The summed E-state index contributed by atoms with van der Waals surface area (Å²) in [7, 11) is 0. The molecule has 3 heterocycles. The first-order chi connectivity index (χ1) is 36.2. The molecule has 0 saturated heterocycles. The lowest BCUT2D eigenvalue weighted by atomic mass is 9.82. The number of aromatic nitrogens is 5. The Labute approximate surface area is 390 Å². The van der Waals surface area contributed by atoms with Crippen LogP contribution in [0.5, 0.6) is 0 Å². The fourth-order valence-corrected chi connectivity index (χ4v) is 10.1. The molecular weight excluding hydrogens is 791 g/mol. The van der Waals surface area contributed by atoms with Crippen molar-refractivity contribution in [3.05, 3.63) is 223 Å². The molecule has 1 aliphatic carbocycles. The van der Waals surface area contributed by atoms with Gasteiger partial charge in [-0.2, -0.15) is 9.97 Å². The standard InChI is InChI=1S/C60H41N5/c1-60(2)49-29-15-12-25-43(49)48-37-41(33-36-50(48)60)58-61-57(40-23-10-5-11-24-40)62-59(63-58)65-52-31-17-14-27-45(52)47-35-34-46-44-26-13-16-30-51(44)64(55(46)56(47)65)53-32-18-28-42(38-19-6-3-7-20-38)54(53)39-21-8-4-9-22-39/h3-37H,1-2H3/i3D,4D,6D,7D,8D,9D,19D,20D,21D,22D. The number of rotatable bonds is 6. The van der Waals surface area contributed by atoms with Crippen molar-refractivity contribution in [2.75, 3.05) is 0 Å². The van der Waals surface area contributed by atoms with Crippen LogP contribution in [0, 0.1) is 0 Å². The van der Waals surface area contributed by atoms with Crippen LogP contribution >= 0.6 is 0 Å². The van der Waals surface area contributed by atoms with E-state index in [0.29, 0.717) is 39.8 Å². The maximum absolute atomic E-state index is 9.43. The SMILES string of the molecule is [2H]c1c([2H])c([2H])c(-c2cccc(-n3c4ccccc4c4ccc5c6ccccc6n(-c6nc(-c7ccccc7)nc(-c7ccc8c(c7)-c7ccccc7C8(C)C)n6)c5c43)c2-c2c([2H])c([2H])c([2H])c([2H])c2[2H])c([2H])c1[2H]. The molecule has 0 radical (unpaired) electrons. The summed E-state index contributed by atoms with van der Waals surface area (Å²) in [5.41, 5.74) is 9.00. The minimum absolute atomic E-state index is 0.0746. The number of hydrogen-bond acceptors (Lipinski definition) is 3. The summed E-state index contributed by atoms with van der Waals surface area (Å²) in [5.74, 6) is 1.23. The van der Waals surface area contributed by atoms with Crippen LogP contribution < -0.4 is 0 Å². The van der Waals surface area contributed by atoms with Gasteiger partial charge in [0, 0.05) is 43.7 Å². The highest BCUT2D eigenvalue weighted by Gasteiger charge is 2.35. The van der Waals surface area contributed by atoms with E-state index in [1.54, 1.807) is 18.2 Å². The molecule has 3 aromatic heterocycles. The van der Waals surface area contributed by atoms with Crippen LogP contribution in [-0.2, 0) is 5.41 Å². The Morgan fingerprint density at radius 2 is 0.985 bits per heavy atom. The van der Waals surface area contributed by atoms with E-state index in [9.17, 15) is 5.48 Å². The van der Waals surface area contributed by atoms with Gasteiger partial charge in [0.25, 0.3) is 0 Å². The molecule has 0 fully saturated rings. The van der Waals surface area contributed by atoms with Gasteiger partial charge in [-0.15, -0.1) is 0 Å². The maximum Gasteiger partial charge on any atom is 0.238 e. The first-order valence-electron chi connectivity index (χ1n) is 26.5. The smallest absolute Gasteiger partial charge is 0.238 e. The summed E-state index contributed by atoms with van der Waals surface area (Å²) in [5, 5.41) is 3.37. The van der Waals surface area contributed by atoms with Crippen LogP contribution in [0.3, 0.4) is 0 Å². The van der Waals surface area contributed by atoms with Crippen molar-refractivity contribution in [2.24, 2.45) is 0 Å². The molecule has 12 aromatic rings. The molecular formula is C60H41N5. The van der Waals surface area contributed by atoms with Gasteiger partial charge in [0.2, 0.25) is 5.95 Å². The largest absolute Gasteiger partial charge is 0.307 e. The number of benzene rings is 9. The van der Waals surface area contributed by atoms with E-state index in [1.807, 2.05) is 88.0 Å². The van der Waals surface area contributed by atoms with Gasteiger partial charge in [-0.25, -0.2) is 4.98 Å². The first-order valence-corrected chi connectivity index (χ1v) is 21.5. The second-order valence-electron chi connectivity index (χ2n) is 16.8. The molecule has 13 rings (SSSR count). The Balaban J connectivity index is 1.18. The molecule has 0 spiro atoms. The Bertz CT molecular complexity index is 4410. The van der Waals surface area contributed by atoms with E-state index in [-0.39, 0.29) is 27.7 Å². The van der Waals surface area contributed by atoms with Crippen LogP contribution in [0.4, 0.5) is 0 Å². The quantitative estimate of drug-likeness (QED) is 0.168. The van der Waals surface area contributed by atoms with Crippen molar-refractivity contribution in [3.8, 4) is 67.8 Å². The number of hydrogen-bond donors (Lipinski definition) is 0. The molecule has 9 aromatic carbocycles. The zero-order valence-electron chi connectivity index (χ0n) is 45.2. The van der Waals surface area contributed by atoms with E-state index < -0.39 is 60.4 Å². The van der Waals surface area contributed by atoms with E-state index >= 15 is 0 Å². The van der Waals surface area contributed by atoms with E-state index in [0.717, 1.165) is 49.3 Å². The van der Waals surface area contributed by atoms with Crippen molar-refractivity contribution in [2.45, 2.75) is 19.3 Å². The van der Waals surface area contributed by atoms with Gasteiger partial charge >= 0.3 is 0 Å². The zero-order chi connectivity index (χ0) is 51.9. The van der Waals surface area contributed by atoms with Crippen LogP contribution in [0.1, 0.15) is 38.7 Å². The molecule has 0 saturated carbocycles. The lowest BCUT2D eigenvalue weighted by Crippen LogP contribution is -2.14. The van der Waals surface area contributed by atoms with Crippen molar-refractivity contribution in [1.29, 1.82) is 0 Å². The van der Waals surface area contributed by atoms with Gasteiger partial charge in [-0.1, -0.05) is 202 Å². The maximum atomic E-state index is 9.43. The van der Waals surface area contributed by atoms with Crippen LogP contribution in [0.15, 0.2) is 212 Å². The highest BCUT2D eigenvalue weighted by atomic mass is 15.2. The van der Waals surface area contributed by atoms with Gasteiger partial charge in [-0.3, -0.25) is 4.57 Å². The van der Waals surface area contributed by atoms with Crippen molar-refractivity contribution in [1.82, 2.24) is 24.1 Å². The highest BCUT2D eigenvalue weighted by Crippen LogP contribution is 2.50. The third-order valence-electron chi connectivity index (χ3n) is 13.0. The summed E-state index contributed by atoms with van der Waals surface area (Å²) in [6, 6.07) is 44.0. The van der Waals surface area contributed by atoms with Crippen molar-refractivity contribution < 1.29 is 13.7 Å². The Morgan fingerprint density at radius 1 is 0.415 bits per heavy atom. The predicted molar refractivity (Wildman–Crippen MR) is 268 cm³/mol. The molecule has 0 bridgehead atoms. The second-order valence-corrected chi connectivity index (χ2v) is 16.8. The summed E-state index contributed by atoms with van der Waals surface area (Å²) in [4.78, 5) is 15.9. The second kappa shape index (κ2) is 14.3. The molecule has 0 N–H and O–H groups in total. The van der Waals surface area contributed by atoms with E-state index in [2.05, 4.69) is 68.4 Å². The fourth-order valence-electron chi connectivity index (χ4n) is 10.1. The first kappa shape index (κ1) is 28.3. The normalized spacial score (nSPS) is 15.0. The van der Waals surface area contributed by atoms with Gasteiger partial charge < -0.3 is 4.57 Å². The highest BCUT2D eigenvalue weighted by molar-refractivity contribution is 6.24. The lowest BCUT2D eigenvalue weighted by Gasteiger charge is -2.21. The summed E-state index contributed by atoms with van der Waals surface area (Å²) >= 11 is 0. The fraction of sp³-hybridized carbons (Fsp3) is 0.0500. The molecule has 0 amide bonds. The number of nitrogens with zero attached hydrogens (tertiary/aromatic N) is 5.